The van der Waals surface area contributed by atoms with Gasteiger partial charge in [0, 0.05) is 0 Å². The smallest absolute Gasteiger partial charge is 0.159 e. The summed E-state index contributed by atoms with van der Waals surface area (Å²) in [6.07, 6.45) is 0. The Morgan fingerprint density at radius 1 is 1.62 bits per heavy atom. The number of nitrogens with two attached hydrogens (primary N) is 1. The lowest BCUT2D eigenvalue weighted by Crippen LogP contribution is -2.03. The minimum Gasteiger partial charge on any atom is -0.248 e. The maximum absolute atomic E-state index is 13.0. The van der Waals surface area contributed by atoms with Crippen LogP contribution in [0.15, 0.2) is 17.0 Å². The van der Waals surface area contributed by atoms with Gasteiger partial charge in [-0.1, -0.05) is 11.6 Å². The monoisotopic (exact) mass is 218 g/mol. The molecule has 1 aromatic carbocycles. The highest BCUT2D eigenvalue weighted by Crippen LogP contribution is 2.21. The van der Waals surface area contributed by atoms with Crippen molar-refractivity contribution in [2.45, 2.75) is 4.90 Å². The van der Waals surface area contributed by atoms with Crippen LogP contribution in [0.3, 0.4) is 0 Å². The zero-order chi connectivity index (χ0) is 10.0. The Morgan fingerprint density at radius 2 is 2.23 bits per heavy atom. The molecule has 0 aliphatic heterocycles. The molecule has 0 fully saturated rings. The van der Waals surface area contributed by atoms with Crippen molar-refractivity contribution >= 4 is 22.6 Å². The summed E-state index contributed by atoms with van der Waals surface area (Å²) in [7, 11) is -1.76. The first-order valence-electron chi connectivity index (χ1n) is 3.11. The van der Waals surface area contributed by atoms with Gasteiger partial charge in [-0.15, -0.1) is 0 Å². The van der Waals surface area contributed by atoms with Crippen LogP contribution in [0.2, 0.25) is 5.02 Å². The number of nitriles is 1. The van der Waals surface area contributed by atoms with Gasteiger partial charge in [0.25, 0.3) is 0 Å². The second kappa shape index (κ2) is 3.83. The van der Waals surface area contributed by atoms with E-state index in [-0.39, 0.29) is 15.5 Å². The largest absolute Gasteiger partial charge is 0.248 e. The van der Waals surface area contributed by atoms with Gasteiger partial charge in [-0.25, -0.2) is 13.7 Å². The third kappa shape index (κ3) is 2.04. The van der Waals surface area contributed by atoms with E-state index in [1.165, 1.54) is 0 Å². The van der Waals surface area contributed by atoms with Crippen LogP contribution in [-0.2, 0) is 11.0 Å². The second-order valence-electron chi connectivity index (χ2n) is 2.18. The molecule has 68 valence electrons. The fourth-order valence-electron chi connectivity index (χ4n) is 0.762. The van der Waals surface area contributed by atoms with Crippen LogP contribution in [-0.4, -0.2) is 4.21 Å². The topological polar surface area (TPSA) is 66.9 Å². The van der Waals surface area contributed by atoms with Crippen LogP contribution in [0.5, 0.6) is 0 Å². The van der Waals surface area contributed by atoms with Crippen LogP contribution in [0.25, 0.3) is 0 Å². The molecular weight excluding hydrogens is 215 g/mol. The van der Waals surface area contributed by atoms with Crippen molar-refractivity contribution in [1.29, 1.82) is 5.26 Å². The Balaban J connectivity index is 3.41. The minimum atomic E-state index is -1.76. The number of nitrogens with zero attached hydrogens (tertiary/aromatic N) is 1. The van der Waals surface area contributed by atoms with E-state index < -0.39 is 16.8 Å². The van der Waals surface area contributed by atoms with Crippen molar-refractivity contribution < 1.29 is 8.60 Å². The average molecular weight is 219 g/mol. The van der Waals surface area contributed by atoms with Gasteiger partial charge in [-0.3, -0.25) is 0 Å². The van der Waals surface area contributed by atoms with E-state index >= 15 is 0 Å². The fraction of sp³-hybridized carbons (Fsp3) is 0. The first-order valence-corrected chi connectivity index (χ1v) is 4.70. The van der Waals surface area contributed by atoms with Crippen molar-refractivity contribution in [2.75, 3.05) is 0 Å². The summed E-state index contributed by atoms with van der Waals surface area (Å²) in [4.78, 5) is 0.128. The summed E-state index contributed by atoms with van der Waals surface area (Å²) in [5, 5.41) is 13.2. The van der Waals surface area contributed by atoms with Crippen LogP contribution in [0.1, 0.15) is 5.56 Å². The fourth-order valence-corrected chi connectivity index (χ4v) is 1.51. The molecule has 1 unspecified atom stereocenters. The average Bonchev–Trinajstić information content (AvgIpc) is 2.09. The third-order valence-electron chi connectivity index (χ3n) is 1.35. The molecule has 0 aromatic heterocycles. The summed E-state index contributed by atoms with van der Waals surface area (Å²) < 4.78 is 23.7. The normalized spacial score (nSPS) is 12.2. The van der Waals surface area contributed by atoms with Crippen LogP contribution < -0.4 is 5.14 Å². The lowest BCUT2D eigenvalue weighted by molar-refractivity contribution is 0.622. The zero-order valence-electron chi connectivity index (χ0n) is 6.25. The number of rotatable bonds is 1. The second-order valence-corrected chi connectivity index (χ2v) is 3.65. The van der Waals surface area contributed by atoms with E-state index in [9.17, 15) is 8.60 Å². The van der Waals surface area contributed by atoms with Gasteiger partial charge < -0.3 is 0 Å². The highest BCUT2D eigenvalue weighted by atomic mass is 35.5. The molecule has 0 spiro atoms. The SMILES string of the molecule is N#Cc1cc(S(N)=O)cc(Cl)c1F. The summed E-state index contributed by atoms with van der Waals surface area (Å²) in [5.74, 6) is -0.821. The van der Waals surface area contributed by atoms with Gasteiger partial charge >= 0.3 is 0 Å². The molecule has 6 heteroatoms. The Bertz CT molecular complexity index is 416. The molecule has 3 nitrogen and oxygen atoms in total. The first kappa shape index (κ1) is 10.1. The molecule has 0 bridgehead atoms. The zero-order valence-corrected chi connectivity index (χ0v) is 7.82. The molecule has 0 aliphatic carbocycles. The third-order valence-corrected chi connectivity index (χ3v) is 2.33. The summed E-state index contributed by atoms with van der Waals surface area (Å²) in [5.41, 5.74) is -0.263. The van der Waals surface area contributed by atoms with E-state index in [0.29, 0.717) is 0 Å². The molecule has 1 aromatic rings. The Hall–Kier alpha value is -0.960. The molecule has 13 heavy (non-hydrogen) atoms. The maximum Gasteiger partial charge on any atom is 0.159 e. The van der Waals surface area contributed by atoms with Gasteiger partial charge in [-0.05, 0) is 12.1 Å². The van der Waals surface area contributed by atoms with E-state index in [1.54, 1.807) is 6.07 Å². The highest BCUT2D eigenvalue weighted by Gasteiger charge is 2.10. The van der Waals surface area contributed by atoms with Crippen LogP contribution in [0, 0.1) is 17.1 Å². The van der Waals surface area contributed by atoms with Gasteiger partial charge in [0.2, 0.25) is 0 Å². The van der Waals surface area contributed by atoms with E-state index in [2.05, 4.69) is 0 Å². The van der Waals surface area contributed by atoms with Crippen molar-refractivity contribution in [3.8, 4) is 6.07 Å². The van der Waals surface area contributed by atoms with E-state index in [4.69, 9.17) is 22.0 Å². The van der Waals surface area contributed by atoms with Crippen molar-refractivity contribution in [3.05, 3.63) is 28.5 Å². The van der Waals surface area contributed by atoms with Crippen molar-refractivity contribution in [2.24, 2.45) is 5.14 Å². The molecule has 0 aliphatic rings. The van der Waals surface area contributed by atoms with Crippen LogP contribution in [0.4, 0.5) is 4.39 Å². The van der Waals surface area contributed by atoms with Crippen molar-refractivity contribution in [3.63, 3.8) is 0 Å². The summed E-state index contributed by atoms with van der Waals surface area (Å²) in [6, 6.07) is 3.82. The Labute approximate surface area is 81.5 Å². The molecule has 0 amide bonds. The maximum atomic E-state index is 13.0. The number of benzene rings is 1. The van der Waals surface area contributed by atoms with E-state index in [0.717, 1.165) is 12.1 Å². The van der Waals surface area contributed by atoms with Crippen LogP contribution >= 0.6 is 11.6 Å². The number of hydrogen-bond donors (Lipinski definition) is 1. The molecule has 0 saturated heterocycles. The molecular formula is C7H4ClFN2OS. The summed E-state index contributed by atoms with van der Waals surface area (Å²) >= 11 is 5.43. The standard InChI is InChI=1S/C7H4ClFN2OS/c8-6-2-5(13(11)12)1-4(3-10)7(6)9/h1-2H,11H2. The van der Waals surface area contributed by atoms with Gasteiger partial charge in [0.05, 0.1) is 15.5 Å². The van der Waals surface area contributed by atoms with Gasteiger partial charge in [0.15, 0.2) is 5.82 Å². The highest BCUT2D eigenvalue weighted by molar-refractivity contribution is 7.82. The predicted octanol–water partition coefficient (Wildman–Crippen LogP) is 1.33. The molecule has 1 atom stereocenters. The lowest BCUT2D eigenvalue weighted by atomic mass is 10.2. The predicted molar refractivity (Wildman–Crippen MR) is 46.7 cm³/mol. The Kier molecular flexibility index (Phi) is 2.98. The van der Waals surface area contributed by atoms with E-state index in [1.807, 2.05) is 0 Å². The molecule has 2 N–H and O–H groups in total. The number of hydrogen-bond acceptors (Lipinski definition) is 2. The first-order chi connectivity index (χ1) is 6.06. The van der Waals surface area contributed by atoms with Crippen molar-refractivity contribution in [1.82, 2.24) is 0 Å². The quantitative estimate of drug-likeness (QED) is 0.773. The summed E-state index contributed by atoms with van der Waals surface area (Å²) in [6.45, 7) is 0. The van der Waals surface area contributed by atoms with Gasteiger partial charge in [-0.2, -0.15) is 5.26 Å². The molecule has 0 radical (unpaired) electrons. The van der Waals surface area contributed by atoms with Gasteiger partial charge in [0.1, 0.15) is 17.1 Å². The lowest BCUT2D eigenvalue weighted by Gasteiger charge is -2.00. The molecule has 0 saturated carbocycles. The molecule has 1 rings (SSSR count). The Morgan fingerprint density at radius 3 is 2.69 bits per heavy atom. The minimum absolute atomic E-state index is 0.128. The molecule has 0 heterocycles. The number of halogens is 2.